The van der Waals surface area contributed by atoms with Gasteiger partial charge in [-0.1, -0.05) is 0 Å². The maximum Gasteiger partial charge on any atom is 0.136 e. The van der Waals surface area contributed by atoms with Crippen LogP contribution in [-0.4, -0.2) is 16.6 Å². The normalized spacial score (nSPS) is 11.0. The van der Waals surface area contributed by atoms with Crippen molar-refractivity contribution >= 4 is 38.7 Å². The first-order chi connectivity index (χ1) is 12.7. The van der Waals surface area contributed by atoms with Crippen LogP contribution >= 0.6 is 27.3 Å². The topological polar surface area (TPSA) is 70.8 Å². The van der Waals surface area contributed by atoms with E-state index in [0.717, 1.165) is 21.5 Å². The molecule has 0 aliphatic rings. The second-order valence-electron chi connectivity index (χ2n) is 5.17. The molecule has 0 radical (unpaired) electrons. The summed E-state index contributed by atoms with van der Waals surface area (Å²) < 4.78 is 6.35. The average molecular weight is 427 g/mol. The molecule has 0 atom stereocenters. The van der Waals surface area contributed by atoms with Gasteiger partial charge in [-0.05, 0) is 59.3 Å². The SMILES string of the molecule is CCOc1ccc(-c2csc(/C(C#N)=C/Nc3ccc(Br)cn3)n2)cc1. The summed E-state index contributed by atoms with van der Waals surface area (Å²) in [5.41, 5.74) is 2.27. The third-order valence-corrected chi connectivity index (χ3v) is 4.75. The molecule has 0 aliphatic carbocycles. The first-order valence-corrected chi connectivity index (χ1v) is 9.54. The number of ether oxygens (including phenoxy) is 1. The van der Waals surface area contributed by atoms with E-state index in [1.807, 2.05) is 48.7 Å². The van der Waals surface area contributed by atoms with Gasteiger partial charge >= 0.3 is 0 Å². The molecular weight excluding hydrogens is 412 g/mol. The molecule has 7 heteroatoms. The third kappa shape index (κ3) is 4.48. The van der Waals surface area contributed by atoms with Crippen molar-refractivity contribution in [3.05, 3.63) is 63.7 Å². The van der Waals surface area contributed by atoms with Crippen LogP contribution in [0.2, 0.25) is 0 Å². The Balaban J connectivity index is 1.77. The molecule has 1 aromatic carbocycles. The lowest BCUT2D eigenvalue weighted by Gasteiger charge is -2.03. The fraction of sp³-hybridized carbons (Fsp3) is 0.105. The quantitative estimate of drug-likeness (QED) is 0.538. The molecule has 0 saturated carbocycles. The van der Waals surface area contributed by atoms with E-state index in [1.54, 1.807) is 12.4 Å². The number of nitrogens with one attached hydrogen (secondary N) is 1. The van der Waals surface area contributed by atoms with Crippen LogP contribution in [0.3, 0.4) is 0 Å². The third-order valence-electron chi connectivity index (χ3n) is 3.41. The number of nitrogens with zero attached hydrogens (tertiary/aromatic N) is 3. The minimum absolute atomic E-state index is 0.455. The number of aromatic nitrogens is 2. The molecule has 0 fully saturated rings. The summed E-state index contributed by atoms with van der Waals surface area (Å²) in [4.78, 5) is 8.79. The maximum absolute atomic E-state index is 9.44. The fourth-order valence-corrected chi connectivity index (χ4v) is 3.20. The van der Waals surface area contributed by atoms with Gasteiger partial charge in [-0.3, -0.25) is 0 Å². The van der Waals surface area contributed by atoms with Crippen LogP contribution < -0.4 is 10.1 Å². The van der Waals surface area contributed by atoms with Gasteiger partial charge < -0.3 is 10.1 Å². The number of halogens is 1. The highest BCUT2D eigenvalue weighted by Crippen LogP contribution is 2.27. The van der Waals surface area contributed by atoms with E-state index in [1.165, 1.54) is 11.3 Å². The van der Waals surface area contributed by atoms with Crippen LogP contribution in [0, 0.1) is 11.3 Å². The number of hydrogen-bond donors (Lipinski definition) is 1. The number of benzene rings is 1. The molecule has 130 valence electrons. The lowest BCUT2D eigenvalue weighted by molar-refractivity contribution is 0.340. The highest BCUT2D eigenvalue weighted by Gasteiger charge is 2.09. The van der Waals surface area contributed by atoms with Crippen molar-refractivity contribution in [2.45, 2.75) is 6.92 Å². The molecule has 0 amide bonds. The number of rotatable bonds is 6. The van der Waals surface area contributed by atoms with Crippen molar-refractivity contribution in [2.75, 3.05) is 11.9 Å². The molecule has 0 aliphatic heterocycles. The molecule has 0 saturated heterocycles. The van der Waals surface area contributed by atoms with E-state index < -0.39 is 0 Å². The van der Waals surface area contributed by atoms with Crippen LogP contribution in [0.5, 0.6) is 5.75 Å². The summed E-state index contributed by atoms with van der Waals surface area (Å²) in [6.07, 6.45) is 3.31. The van der Waals surface area contributed by atoms with Gasteiger partial charge in [0.15, 0.2) is 0 Å². The zero-order valence-electron chi connectivity index (χ0n) is 13.9. The predicted octanol–water partition coefficient (Wildman–Crippen LogP) is 5.34. The van der Waals surface area contributed by atoms with Crippen molar-refractivity contribution in [1.29, 1.82) is 5.26 Å². The first-order valence-electron chi connectivity index (χ1n) is 7.87. The van der Waals surface area contributed by atoms with Gasteiger partial charge in [-0.2, -0.15) is 5.26 Å². The summed E-state index contributed by atoms with van der Waals surface area (Å²) >= 11 is 4.77. The van der Waals surface area contributed by atoms with Crippen LogP contribution in [0.15, 0.2) is 58.6 Å². The molecule has 26 heavy (non-hydrogen) atoms. The Morgan fingerprint density at radius 1 is 1.31 bits per heavy atom. The molecular formula is C19H15BrN4OS. The summed E-state index contributed by atoms with van der Waals surface area (Å²) in [5.74, 6) is 1.49. The first kappa shape index (κ1) is 18.1. The zero-order valence-corrected chi connectivity index (χ0v) is 16.3. The number of allylic oxidation sites excluding steroid dienone is 1. The fourth-order valence-electron chi connectivity index (χ4n) is 2.17. The van der Waals surface area contributed by atoms with Crippen LogP contribution in [0.1, 0.15) is 11.9 Å². The highest BCUT2D eigenvalue weighted by atomic mass is 79.9. The van der Waals surface area contributed by atoms with Crippen molar-refractivity contribution < 1.29 is 4.74 Å². The molecule has 0 spiro atoms. The second kappa shape index (κ2) is 8.61. The standard InChI is InChI=1S/C19H15BrN4OS/c1-2-25-16-6-3-13(4-7-16)17-12-26-19(24-17)14(9-21)10-22-18-8-5-15(20)11-23-18/h3-8,10-12H,2H2,1H3,(H,22,23)/b14-10+. The predicted molar refractivity (Wildman–Crippen MR) is 108 cm³/mol. The largest absolute Gasteiger partial charge is 0.494 e. The molecule has 1 N–H and O–H groups in total. The van der Waals surface area contributed by atoms with E-state index in [-0.39, 0.29) is 0 Å². The van der Waals surface area contributed by atoms with Crippen LogP contribution in [0.25, 0.3) is 16.8 Å². The zero-order chi connectivity index (χ0) is 18.4. The minimum atomic E-state index is 0.455. The smallest absolute Gasteiger partial charge is 0.136 e. The van der Waals surface area contributed by atoms with Gasteiger partial charge in [0.2, 0.25) is 0 Å². The molecule has 2 aromatic heterocycles. The Labute approximate surface area is 164 Å². The van der Waals surface area contributed by atoms with Gasteiger partial charge in [-0.15, -0.1) is 11.3 Å². The summed E-state index contributed by atoms with van der Waals surface area (Å²) in [6.45, 7) is 2.59. The number of pyridine rings is 1. The number of thiazole rings is 1. The summed E-state index contributed by atoms with van der Waals surface area (Å²) in [5, 5.41) is 15.1. The van der Waals surface area contributed by atoms with E-state index in [2.05, 4.69) is 37.3 Å². The molecule has 5 nitrogen and oxygen atoms in total. The van der Waals surface area contributed by atoms with Gasteiger partial charge in [0.25, 0.3) is 0 Å². The maximum atomic E-state index is 9.44. The Hall–Kier alpha value is -2.69. The van der Waals surface area contributed by atoms with Crippen LogP contribution in [-0.2, 0) is 0 Å². The monoisotopic (exact) mass is 426 g/mol. The van der Waals surface area contributed by atoms with E-state index in [4.69, 9.17) is 4.74 Å². The lowest BCUT2D eigenvalue weighted by atomic mass is 10.2. The lowest BCUT2D eigenvalue weighted by Crippen LogP contribution is -1.93. The Morgan fingerprint density at radius 3 is 2.77 bits per heavy atom. The molecule has 0 unspecified atom stereocenters. The molecule has 2 heterocycles. The van der Waals surface area contributed by atoms with Gasteiger partial charge in [0.1, 0.15) is 28.2 Å². The molecule has 0 bridgehead atoms. The summed E-state index contributed by atoms with van der Waals surface area (Å²) in [7, 11) is 0. The summed E-state index contributed by atoms with van der Waals surface area (Å²) in [6, 6.07) is 13.6. The van der Waals surface area contributed by atoms with E-state index >= 15 is 0 Å². The Bertz CT molecular complexity index is 943. The van der Waals surface area contributed by atoms with Gasteiger partial charge in [0.05, 0.1) is 12.3 Å². The number of nitriles is 1. The van der Waals surface area contributed by atoms with Crippen molar-refractivity contribution in [1.82, 2.24) is 9.97 Å². The van der Waals surface area contributed by atoms with Crippen molar-refractivity contribution in [2.24, 2.45) is 0 Å². The Kier molecular flexibility index (Phi) is 6.00. The van der Waals surface area contributed by atoms with Gasteiger partial charge in [-0.25, -0.2) is 9.97 Å². The Morgan fingerprint density at radius 2 is 2.12 bits per heavy atom. The molecule has 3 aromatic rings. The minimum Gasteiger partial charge on any atom is -0.494 e. The van der Waals surface area contributed by atoms with Crippen LogP contribution in [0.4, 0.5) is 5.82 Å². The van der Waals surface area contributed by atoms with Crippen molar-refractivity contribution in [3.8, 4) is 23.1 Å². The number of hydrogen-bond acceptors (Lipinski definition) is 6. The second-order valence-corrected chi connectivity index (χ2v) is 6.94. The van der Waals surface area contributed by atoms with E-state index in [9.17, 15) is 5.26 Å². The number of anilines is 1. The van der Waals surface area contributed by atoms with Gasteiger partial charge in [0, 0.05) is 27.8 Å². The molecule has 3 rings (SSSR count). The van der Waals surface area contributed by atoms with E-state index in [0.29, 0.717) is 23.0 Å². The van der Waals surface area contributed by atoms with Crippen molar-refractivity contribution in [3.63, 3.8) is 0 Å². The average Bonchev–Trinajstić information content (AvgIpc) is 3.15. The highest BCUT2D eigenvalue weighted by molar-refractivity contribution is 9.10.